The Morgan fingerprint density at radius 2 is 2.25 bits per heavy atom. The van der Waals surface area contributed by atoms with Crippen molar-refractivity contribution in [2.75, 3.05) is 0 Å². The zero-order valence-electron chi connectivity index (χ0n) is 9.61. The lowest BCUT2D eigenvalue weighted by Crippen LogP contribution is -2.27. The minimum absolute atomic E-state index is 0.136. The van der Waals surface area contributed by atoms with Crippen LogP contribution in [0.1, 0.15) is 38.4 Å². The quantitative estimate of drug-likeness (QED) is 0.898. The highest BCUT2D eigenvalue weighted by Crippen LogP contribution is 2.37. The number of ether oxygens (including phenoxy) is 1. The summed E-state index contributed by atoms with van der Waals surface area (Å²) in [5, 5.41) is 10.0. The number of rotatable bonds is 2. The fourth-order valence-electron chi connectivity index (χ4n) is 2.16. The Kier molecular flexibility index (Phi) is 3.55. The van der Waals surface area contributed by atoms with E-state index in [1.165, 1.54) is 0 Å². The van der Waals surface area contributed by atoms with Crippen LogP contribution < -0.4 is 4.74 Å². The van der Waals surface area contributed by atoms with Crippen molar-refractivity contribution in [2.45, 2.75) is 38.9 Å². The minimum Gasteiger partial charge on any atom is -0.490 e. The van der Waals surface area contributed by atoms with Gasteiger partial charge in [-0.1, -0.05) is 35.8 Å². The molecule has 1 aromatic carbocycles. The van der Waals surface area contributed by atoms with Crippen molar-refractivity contribution in [1.82, 2.24) is 0 Å². The van der Waals surface area contributed by atoms with Crippen molar-refractivity contribution in [3.05, 3.63) is 28.2 Å². The molecule has 3 heteroatoms. The van der Waals surface area contributed by atoms with Crippen LogP contribution in [0.15, 0.2) is 22.7 Å². The zero-order valence-corrected chi connectivity index (χ0v) is 11.2. The van der Waals surface area contributed by atoms with Gasteiger partial charge in [-0.25, -0.2) is 0 Å². The van der Waals surface area contributed by atoms with Gasteiger partial charge < -0.3 is 9.84 Å². The first-order valence-electron chi connectivity index (χ1n) is 5.70. The van der Waals surface area contributed by atoms with Crippen LogP contribution >= 0.6 is 15.9 Å². The molecule has 1 heterocycles. The van der Waals surface area contributed by atoms with Crippen molar-refractivity contribution < 1.29 is 9.84 Å². The fourth-order valence-corrected chi connectivity index (χ4v) is 2.50. The molecule has 1 unspecified atom stereocenters. The first-order valence-corrected chi connectivity index (χ1v) is 6.49. The summed E-state index contributed by atoms with van der Waals surface area (Å²) in [6.07, 6.45) is 1.44. The summed E-state index contributed by atoms with van der Waals surface area (Å²) < 4.78 is 6.89. The number of aliphatic hydroxyl groups excluding tert-OH is 1. The van der Waals surface area contributed by atoms with Crippen molar-refractivity contribution in [3.8, 4) is 5.75 Å². The molecule has 0 spiro atoms. The van der Waals surface area contributed by atoms with Gasteiger partial charge in [0.2, 0.25) is 0 Å². The van der Waals surface area contributed by atoms with E-state index >= 15 is 0 Å². The van der Waals surface area contributed by atoms with E-state index in [1.54, 1.807) is 0 Å². The predicted molar refractivity (Wildman–Crippen MR) is 67.6 cm³/mol. The number of hydrogen-bond acceptors (Lipinski definition) is 2. The molecular formula is C13H17BrO2. The largest absolute Gasteiger partial charge is 0.490 e. The van der Waals surface area contributed by atoms with Crippen molar-refractivity contribution in [1.29, 1.82) is 0 Å². The van der Waals surface area contributed by atoms with Crippen molar-refractivity contribution in [3.63, 3.8) is 0 Å². The fraction of sp³-hybridized carbons (Fsp3) is 0.538. The molecule has 0 radical (unpaired) electrons. The summed E-state index contributed by atoms with van der Waals surface area (Å²) in [5.41, 5.74) is 0.906. The van der Waals surface area contributed by atoms with Gasteiger partial charge in [-0.15, -0.1) is 0 Å². The zero-order chi connectivity index (χ0) is 11.7. The van der Waals surface area contributed by atoms with E-state index in [4.69, 9.17) is 4.74 Å². The van der Waals surface area contributed by atoms with Gasteiger partial charge >= 0.3 is 0 Å². The van der Waals surface area contributed by atoms with Crippen LogP contribution in [-0.2, 0) is 0 Å². The summed E-state index contributed by atoms with van der Waals surface area (Å²) >= 11 is 3.42. The van der Waals surface area contributed by atoms with Gasteiger partial charge in [0.25, 0.3) is 0 Å². The molecule has 2 atom stereocenters. The standard InChI is InChI=1S/C13H17BrO2/c1-8(2)5-10-7-12(15)11-4-3-9(14)6-13(11)16-10/h3-4,6,8,10,12,15H,5,7H2,1-2H3/t10?,12-/m0/s1. The van der Waals surface area contributed by atoms with Crippen LogP contribution in [0, 0.1) is 5.92 Å². The third kappa shape index (κ3) is 2.58. The summed E-state index contributed by atoms with van der Waals surface area (Å²) in [4.78, 5) is 0. The molecule has 0 fully saturated rings. The molecule has 2 nitrogen and oxygen atoms in total. The maximum atomic E-state index is 10.0. The smallest absolute Gasteiger partial charge is 0.126 e. The second-order valence-corrected chi connectivity index (χ2v) is 5.72. The van der Waals surface area contributed by atoms with Crippen LogP contribution in [0.4, 0.5) is 0 Å². The van der Waals surface area contributed by atoms with Gasteiger partial charge in [-0.2, -0.15) is 0 Å². The molecule has 0 saturated heterocycles. The first kappa shape index (κ1) is 11.9. The molecule has 0 saturated carbocycles. The molecule has 2 rings (SSSR count). The molecule has 16 heavy (non-hydrogen) atoms. The van der Waals surface area contributed by atoms with E-state index in [2.05, 4.69) is 29.8 Å². The molecule has 0 amide bonds. The Morgan fingerprint density at radius 3 is 2.94 bits per heavy atom. The van der Waals surface area contributed by atoms with E-state index < -0.39 is 0 Å². The number of hydrogen-bond donors (Lipinski definition) is 1. The third-order valence-corrected chi connectivity index (χ3v) is 3.34. The molecule has 0 aliphatic carbocycles. The molecule has 1 aromatic rings. The van der Waals surface area contributed by atoms with Gasteiger partial charge in [-0.05, 0) is 24.5 Å². The lowest BCUT2D eigenvalue weighted by Gasteiger charge is -2.30. The van der Waals surface area contributed by atoms with Gasteiger partial charge in [0.15, 0.2) is 0 Å². The Morgan fingerprint density at radius 1 is 1.50 bits per heavy atom. The number of halogens is 1. The lowest BCUT2D eigenvalue weighted by molar-refractivity contribution is 0.0556. The summed E-state index contributed by atoms with van der Waals surface area (Å²) in [6, 6.07) is 5.80. The van der Waals surface area contributed by atoms with Crippen LogP contribution in [0.25, 0.3) is 0 Å². The Balaban J connectivity index is 2.20. The normalized spacial score (nSPS) is 24.1. The highest BCUT2D eigenvalue weighted by Gasteiger charge is 2.27. The molecule has 1 aliphatic rings. The van der Waals surface area contributed by atoms with Crippen LogP contribution in [0.5, 0.6) is 5.75 Å². The molecule has 0 bridgehead atoms. The molecule has 1 N–H and O–H groups in total. The number of fused-ring (bicyclic) bond motifs is 1. The first-order chi connectivity index (χ1) is 7.56. The van der Waals surface area contributed by atoms with Crippen LogP contribution in [0.2, 0.25) is 0 Å². The Bertz CT molecular complexity index is 376. The van der Waals surface area contributed by atoms with E-state index in [-0.39, 0.29) is 12.2 Å². The third-order valence-electron chi connectivity index (χ3n) is 2.85. The monoisotopic (exact) mass is 284 g/mol. The average Bonchev–Trinajstić information content (AvgIpc) is 2.15. The van der Waals surface area contributed by atoms with E-state index in [0.29, 0.717) is 12.3 Å². The molecule has 1 aliphatic heterocycles. The number of benzene rings is 1. The van der Waals surface area contributed by atoms with Crippen LogP contribution in [-0.4, -0.2) is 11.2 Å². The van der Waals surface area contributed by atoms with E-state index in [1.807, 2.05) is 18.2 Å². The van der Waals surface area contributed by atoms with Gasteiger partial charge in [0, 0.05) is 16.5 Å². The SMILES string of the molecule is CC(C)CC1C[C@H](O)c2ccc(Br)cc2O1. The van der Waals surface area contributed by atoms with Gasteiger partial charge in [0.05, 0.1) is 6.10 Å². The predicted octanol–water partition coefficient (Wildman–Crippen LogP) is 3.68. The molecular weight excluding hydrogens is 268 g/mol. The molecule has 88 valence electrons. The van der Waals surface area contributed by atoms with Gasteiger partial charge in [-0.3, -0.25) is 0 Å². The Labute approximate surface area is 105 Å². The van der Waals surface area contributed by atoms with Gasteiger partial charge in [0.1, 0.15) is 11.9 Å². The second kappa shape index (κ2) is 4.76. The summed E-state index contributed by atoms with van der Waals surface area (Å²) in [5.74, 6) is 1.41. The number of aliphatic hydroxyl groups is 1. The van der Waals surface area contributed by atoms with Crippen LogP contribution in [0.3, 0.4) is 0 Å². The second-order valence-electron chi connectivity index (χ2n) is 4.80. The van der Waals surface area contributed by atoms with Crippen molar-refractivity contribution in [2.24, 2.45) is 5.92 Å². The van der Waals surface area contributed by atoms with E-state index in [9.17, 15) is 5.11 Å². The van der Waals surface area contributed by atoms with Crippen molar-refractivity contribution >= 4 is 15.9 Å². The average molecular weight is 285 g/mol. The topological polar surface area (TPSA) is 29.5 Å². The highest BCUT2D eigenvalue weighted by atomic mass is 79.9. The van der Waals surface area contributed by atoms with E-state index in [0.717, 1.165) is 22.2 Å². The maximum absolute atomic E-state index is 10.0. The lowest BCUT2D eigenvalue weighted by atomic mass is 9.94. The molecule has 0 aromatic heterocycles. The summed E-state index contributed by atoms with van der Waals surface area (Å²) in [6.45, 7) is 4.35. The summed E-state index contributed by atoms with van der Waals surface area (Å²) in [7, 11) is 0. The minimum atomic E-state index is -0.388. The Hall–Kier alpha value is -0.540. The highest BCUT2D eigenvalue weighted by molar-refractivity contribution is 9.10. The maximum Gasteiger partial charge on any atom is 0.126 e.